The smallest absolute Gasteiger partial charge is 0.261 e. The van der Waals surface area contributed by atoms with E-state index in [1.807, 2.05) is 6.08 Å². The van der Waals surface area contributed by atoms with Crippen molar-refractivity contribution in [1.82, 2.24) is 0 Å². The van der Waals surface area contributed by atoms with E-state index in [4.69, 9.17) is 18.3 Å². The van der Waals surface area contributed by atoms with Crippen LogP contribution >= 0.6 is 0 Å². The number of hydrogen-bond donors (Lipinski definition) is 0. The standard InChI is InChI=1S/C42H68O4Si2/c1-11-12-20-35-21-19-22-36(44-35)29-38-31-39(46-47(32(2)3,33(4)5)34(6)7)30-37(45-38)27-28-43-48(42(8,9)10,40-23-15-13-16-24-40)41-25-17-14-18-26-41/h11,13-18,23-26,32-39H,1,12,19-22,27-31H2,2-10H3/t35-,36-,37+,38-,39-/m0/s1. The van der Waals surface area contributed by atoms with E-state index in [1.54, 1.807) is 0 Å². The fourth-order valence-corrected chi connectivity index (χ4v) is 19.4. The highest BCUT2D eigenvalue weighted by Crippen LogP contribution is 2.45. The molecule has 48 heavy (non-hydrogen) atoms. The maximum atomic E-state index is 7.50. The zero-order valence-electron chi connectivity index (χ0n) is 31.9. The molecule has 4 rings (SSSR count). The molecule has 0 saturated carbocycles. The molecule has 2 aliphatic rings. The molecule has 0 spiro atoms. The maximum absolute atomic E-state index is 7.50. The molecule has 2 aliphatic heterocycles. The van der Waals surface area contributed by atoms with Gasteiger partial charge in [-0.25, -0.2) is 0 Å². The molecular weight excluding hydrogens is 625 g/mol. The molecule has 0 amide bonds. The lowest BCUT2D eigenvalue weighted by molar-refractivity contribution is -0.131. The summed E-state index contributed by atoms with van der Waals surface area (Å²) in [5, 5.41) is 2.61. The first kappa shape index (κ1) is 39.2. The van der Waals surface area contributed by atoms with E-state index in [1.165, 1.54) is 16.8 Å². The number of allylic oxidation sites excluding steroid dienone is 1. The van der Waals surface area contributed by atoms with Crippen molar-refractivity contribution in [3.63, 3.8) is 0 Å². The minimum absolute atomic E-state index is 0.0469. The summed E-state index contributed by atoms with van der Waals surface area (Å²) in [5.74, 6) is 0. The normalized spacial score (nSPS) is 24.4. The quantitative estimate of drug-likeness (QED) is 0.130. The van der Waals surface area contributed by atoms with Crippen molar-refractivity contribution in [2.24, 2.45) is 0 Å². The van der Waals surface area contributed by atoms with Crippen LogP contribution in [0, 0.1) is 0 Å². The lowest BCUT2D eigenvalue weighted by Gasteiger charge is -2.48. The lowest BCUT2D eigenvalue weighted by Crippen LogP contribution is -2.66. The number of ether oxygens (including phenoxy) is 2. The van der Waals surface area contributed by atoms with Crippen LogP contribution in [0.5, 0.6) is 0 Å². The summed E-state index contributed by atoms with van der Waals surface area (Å²) < 4.78 is 28.5. The average Bonchev–Trinajstić information content (AvgIpc) is 3.04. The molecule has 0 unspecified atom stereocenters. The monoisotopic (exact) mass is 692 g/mol. The van der Waals surface area contributed by atoms with Crippen LogP contribution in [-0.4, -0.2) is 53.8 Å². The summed E-state index contributed by atoms with van der Waals surface area (Å²) in [5.41, 5.74) is 1.68. The van der Waals surface area contributed by atoms with Crippen molar-refractivity contribution < 1.29 is 18.3 Å². The zero-order chi connectivity index (χ0) is 35.0. The molecule has 268 valence electrons. The molecule has 2 heterocycles. The first-order valence-corrected chi connectivity index (χ1v) is 23.2. The predicted octanol–water partition coefficient (Wildman–Crippen LogP) is 10.4. The van der Waals surface area contributed by atoms with Gasteiger partial charge in [-0.15, -0.1) is 6.58 Å². The van der Waals surface area contributed by atoms with Gasteiger partial charge in [0, 0.05) is 6.61 Å². The Morgan fingerprint density at radius 3 is 1.79 bits per heavy atom. The van der Waals surface area contributed by atoms with E-state index in [0.717, 1.165) is 51.4 Å². The molecule has 0 bridgehead atoms. The molecule has 2 aromatic carbocycles. The average molecular weight is 693 g/mol. The third-order valence-corrected chi connectivity index (χ3v) is 22.5. The van der Waals surface area contributed by atoms with Crippen LogP contribution in [0.1, 0.15) is 120 Å². The molecular formula is C42H68O4Si2. The zero-order valence-corrected chi connectivity index (χ0v) is 33.9. The molecule has 2 fully saturated rings. The van der Waals surface area contributed by atoms with Gasteiger partial charge in [0.25, 0.3) is 8.32 Å². The predicted molar refractivity (Wildman–Crippen MR) is 209 cm³/mol. The summed E-state index contributed by atoms with van der Waals surface area (Å²) >= 11 is 0. The Hall–Kier alpha value is -1.55. The summed E-state index contributed by atoms with van der Waals surface area (Å²) in [6, 6.07) is 22.0. The molecule has 6 heteroatoms. The van der Waals surface area contributed by atoms with Crippen LogP contribution in [0.2, 0.25) is 21.7 Å². The maximum Gasteiger partial charge on any atom is 0.261 e. The molecule has 0 radical (unpaired) electrons. The van der Waals surface area contributed by atoms with E-state index in [2.05, 4.69) is 130 Å². The fraction of sp³-hybridized carbons (Fsp3) is 0.667. The number of benzene rings is 2. The Bertz CT molecular complexity index is 1160. The van der Waals surface area contributed by atoms with Gasteiger partial charge in [-0.2, -0.15) is 0 Å². The minimum atomic E-state index is -2.61. The molecule has 5 atom stereocenters. The van der Waals surface area contributed by atoms with Crippen LogP contribution in [0.15, 0.2) is 73.3 Å². The van der Waals surface area contributed by atoms with E-state index in [-0.39, 0.29) is 29.5 Å². The molecule has 0 aliphatic carbocycles. The Kier molecular flexibility index (Phi) is 14.4. The van der Waals surface area contributed by atoms with Crippen molar-refractivity contribution in [3.05, 3.63) is 73.3 Å². The molecule has 2 aromatic rings. The Morgan fingerprint density at radius 2 is 1.27 bits per heavy atom. The van der Waals surface area contributed by atoms with Crippen molar-refractivity contribution >= 4 is 27.0 Å². The highest BCUT2D eigenvalue weighted by atomic mass is 28.4. The Balaban J connectivity index is 1.57. The van der Waals surface area contributed by atoms with Crippen LogP contribution in [-0.2, 0) is 18.3 Å². The lowest BCUT2D eigenvalue weighted by atomic mass is 9.92. The summed E-state index contributed by atoms with van der Waals surface area (Å²) in [6.45, 7) is 26.1. The van der Waals surface area contributed by atoms with Gasteiger partial charge in [-0.3, -0.25) is 0 Å². The summed E-state index contributed by atoms with van der Waals surface area (Å²) in [4.78, 5) is 0. The van der Waals surface area contributed by atoms with Gasteiger partial charge in [0.05, 0.1) is 30.5 Å². The molecule has 4 nitrogen and oxygen atoms in total. The molecule has 0 N–H and O–H groups in total. The van der Waals surface area contributed by atoms with E-state index in [0.29, 0.717) is 29.3 Å². The van der Waals surface area contributed by atoms with Gasteiger partial charge < -0.3 is 18.3 Å². The SMILES string of the molecule is C=CCC[C@H]1CCC[C@@H](C[C@H]2C[C@@H](O[Si](C(C)C)(C(C)C)C(C)C)C[C@@H](CCO[Si](c3ccccc3)(c3ccccc3)C(C)(C)C)O2)O1. The highest BCUT2D eigenvalue weighted by Gasteiger charge is 2.51. The van der Waals surface area contributed by atoms with E-state index >= 15 is 0 Å². The second-order valence-corrected chi connectivity index (χ2v) is 26.3. The van der Waals surface area contributed by atoms with Gasteiger partial charge in [0.1, 0.15) is 0 Å². The van der Waals surface area contributed by atoms with Crippen LogP contribution in [0.3, 0.4) is 0 Å². The van der Waals surface area contributed by atoms with E-state index < -0.39 is 16.6 Å². The minimum Gasteiger partial charge on any atom is -0.413 e. The van der Waals surface area contributed by atoms with Gasteiger partial charge in [-0.1, -0.05) is 129 Å². The van der Waals surface area contributed by atoms with Crippen molar-refractivity contribution in [2.45, 2.75) is 172 Å². The Labute approximate surface area is 296 Å². The highest BCUT2D eigenvalue weighted by molar-refractivity contribution is 6.99. The fourth-order valence-electron chi connectivity index (χ4n) is 9.27. The largest absolute Gasteiger partial charge is 0.413 e. The third-order valence-electron chi connectivity index (χ3n) is 11.3. The van der Waals surface area contributed by atoms with Gasteiger partial charge >= 0.3 is 0 Å². The van der Waals surface area contributed by atoms with Crippen molar-refractivity contribution in [2.75, 3.05) is 6.61 Å². The van der Waals surface area contributed by atoms with Gasteiger partial charge in [0.2, 0.25) is 8.32 Å². The van der Waals surface area contributed by atoms with Crippen LogP contribution in [0.25, 0.3) is 0 Å². The number of rotatable bonds is 16. The first-order valence-electron chi connectivity index (χ1n) is 19.2. The van der Waals surface area contributed by atoms with Gasteiger partial charge in [-0.05, 0) is 89.8 Å². The van der Waals surface area contributed by atoms with Crippen LogP contribution < -0.4 is 10.4 Å². The third kappa shape index (κ3) is 9.21. The van der Waals surface area contributed by atoms with Crippen molar-refractivity contribution in [3.8, 4) is 0 Å². The summed E-state index contributed by atoms with van der Waals surface area (Å²) in [7, 11) is -4.66. The summed E-state index contributed by atoms with van der Waals surface area (Å²) in [6.07, 6.45) is 12.4. The molecule has 0 aromatic heterocycles. The van der Waals surface area contributed by atoms with Crippen LogP contribution in [0.4, 0.5) is 0 Å². The van der Waals surface area contributed by atoms with Crippen molar-refractivity contribution in [1.29, 1.82) is 0 Å². The first-order chi connectivity index (χ1) is 22.8. The second kappa shape index (κ2) is 17.6. The topological polar surface area (TPSA) is 36.9 Å². The number of hydrogen-bond acceptors (Lipinski definition) is 4. The van der Waals surface area contributed by atoms with Gasteiger partial charge in [0.15, 0.2) is 0 Å². The Morgan fingerprint density at radius 1 is 0.750 bits per heavy atom. The molecule has 2 saturated heterocycles. The second-order valence-electron chi connectivity index (χ2n) is 16.6. The van der Waals surface area contributed by atoms with E-state index in [9.17, 15) is 0 Å².